The van der Waals surface area contributed by atoms with Crippen LogP contribution in [0.5, 0.6) is 17.2 Å². The summed E-state index contributed by atoms with van der Waals surface area (Å²) in [7, 11) is 4.64. The molecule has 0 atom stereocenters. The quantitative estimate of drug-likeness (QED) is 0.666. The Balaban J connectivity index is 1.83. The van der Waals surface area contributed by atoms with Gasteiger partial charge < -0.3 is 24.1 Å². The summed E-state index contributed by atoms with van der Waals surface area (Å²) in [6.07, 6.45) is 1.65. The van der Waals surface area contributed by atoms with E-state index < -0.39 is 5.91 Å². The number of amides is 1. The third-order valence-corrected chi connectivity index (χ3v) is 4.39. The Labute approximate surface area is 168 Å². The second-order valence-corrected chi connectivity index (χ2v) is 6.26. The van der Waals surface area contributed by atoms with Gasteiger partial charge in [0.25, 0.3) is 11.5 Å². The van der Waals surface area contributed by atoms with Gasteiger partial charge in [0.2, 0.25) is 0 Å². The Bertz CT molecular complexity index is 1040. The molecule has 3 rings (SSSR count). The van der Waals surface area contributed by atoms with Crippen LogP contribution in [0.25, 0.3) is 0 Å². The molecule has 0 fully saturated rings. The minimum atomic E-state index is -0.505. The number of benzene rings is 2. The number of aromatic nitrogens is 1. The summed E-state index contributed by atoms with van der Waals surface area (Å²) < 4.78 is 17.0. The monoisotopic (exact) mass is 394 g/mol. The molecule has 1 amide bonds. The molecule has 29 heavy (non-hydrogen) atoms. The number of nitrogens with zero attached hydrogens (tertiary/aromatic N) is 1. The molecule has 0 saturated carbocycles. The molecule has 1 N–H and O–H groups in total. The van der Waals surface area contributed by atoms with E-state index in [4.69, 9.17) is 14.2 Å². The zero-order valence-electron chi connectivity index (χ0n) is 16.5. The second kappa shape index (κ2) is 8.97. The van der Waals surface area contributed by atoms with E-state index >= 15 is 0 Å². The summed E-state index contributed by atoms with van der Waals surface area (Å²) in [5.41, 5.74) is 1.05. The Hall–Kier alpha value is -3.74. The molecule has 7 nitrogen and oxygen atoms in total. The lowest BCUT2D eigenvalue weighted by Gasteiger charge is -2.11. The Morgan fingerprint density at radius 2 is 1.52 bits per heavy atom. The number of carbonyl (C=O) groups is 1. The summed E-state index contributed by atoms with van der Waals surface area (Å²) in [5.74, 6) is 1.30. The van der Waals surface area contributed by atoms with Gasteiger partial charge in [0.1, 0.15) is 22.8 Å². The number of methoxy groups -OCH3 is 3. The van der Waals surface area contributed by atoms with Gasteiger partial charge in [0.15, 0.2) is 0 Å². The van der Waals surface area contributed by atoms with Crippen molar-refractivity contribution in [1.82, 2.24) is 4.57 Å². The van der Waals surface area contributed by atoms with Crippen molar-refractivity contribution < 1.29 is 19.0 Å². The highest BCUT2D eigenvalue weighted by molar-refractivity contribution is 6.04. The number of pyridine rings is 1. The van der Waals surface area contributed by atoms with E-state index in [2.05, 4.69) is 5.32 Å². The highest BCUT2D eigenvalue weighted by Crippen LogP contribution is 2.26. The van der Waals surface area contributed by atoms with Crippen molar-refractivity contribution in [3.05, 3.63) is 82.3 Å². The SMILES string of the molecule is COc1ccc(Cn2cccc(C(=O)Nc3cc(OC)cc(OC)c3)c2=O)cc1. The number of carbonyl (C=O) groups excluding carboxylic acids is 1. The van der Waals surface area contributed by atoms with Gasteiger partial charge in [-0.15, -0.1) is 0 Å². The third kappa shape index (κ3) is 4.76. The Kier molecular flexibility index (Phi) is 6.19. The average Bonchev–Trinajstić information content (AvgIpc) is 2.75. The number of hydrogen-bond donors (Lipinski definition) is 1. The number of nitrogens with one attached hydrogen (secondary N) is 1. The predicted octanol–water partition coefficient (Wildman–Crippen LogP) is 3.17. The standard InChI is InChI=1S/C22H22N2O5/c1-27-17-8-6-15(7-9-17)14-24-10-4-5-20(22(24)26)21(25)23-16-11-18(28-2)13-19(12-16)29-3/h4-13H,14H2,1-3H3,(H,23,25). The minimum Gasteiger partial charge on any atom is -0.497 e. The average molecular weight is 394 g/mol. The number of anilines is 1. The first kappa shape index (κ1) is 20.0. The summed E-state index contributed by atoms with van der Waals surface area (Å²) in [4.78, 5) is 25.5. The van der Waals surface area contributed by atoms with Crippen LogP contribution in [-0.2, 0) is 6.54 Å². The van der Waals surface area contributed by atoms with Gasteiger partial charge in [0.05, 0.1) is 27.9 Å². The Morgan fingerprint density at radius 1 is 0.897 bits per heavy atom. The molecular weight excluding hydrogens is 372 g/mol. The first-order valence-electron chi connectivity index (χ1n) is 8.91. The topological polar surface area (TPSA) is 78.8 Å². The van der Waals surface area contributed by atoms with Crippen LogP contribution in [0.15, 0.2) is 65.6 Å². The molecule has 0 saturated heterocycles. The molecule has 1 aromatic heterocycles. The van der Waals surface area contributed by atoms with Gasteiger partial charge >= 0.3 is 0 Å². The van der Waals surface area contributed by atoms with Crippen LogP contribution in [0.3, 0.4) is 0 Å². The zero-order chi connectivity index (χ0) is 20.8. The predicted molar refractivity (Wildman–Crippen MR) is 110 cm³/mol. The van der Waals surface area contributed by atoms with Crippen molar-refractivity contribution in [1.29, 1.82) is 0 Å². The molecule has 0 aliphatic carbocycles. The van der Waals surface area contributed by atoms with Crippen molar-refractivity contribution in [2.24, 2.45) is 0 Å². The summed E-state index contributed by atoms with van der Waals surface area (Å²) in [6, 6.07) is 15.6. The molecule has 0 aliphatic rings. The van der Waals surface area contributed by atoms with Crippen molar-refractivity contribution in [3.8, 4) is 17.2 Å². The van der Waals surface area contributed by atoms with Crippen molar-refractivity contribution in [3.63, 3.8) is 0 Å². The van der Waals surface area contributed by atoms with E-state index in [9.17, 15) is 9.59 Å². The van der Waals surface area contributed by atoms with Crippen LogP contribution in [0.2, 0.25) is 0 Å². The fourth-order valence-electron chi connectivity index (χ4n) is 2.84. The zero-order valence-corrected chi connectivity index (χ0v) is 16.5. The van der Waals surface area contributed by atoms with E-state index in [0.717, 1.165) is 11.3 Å². The van der Waals surface area contributed by atoms with Gasteiger partial charge in [-0.25, -0.2) is 0 Å². The van der Waals surface area contributed by atoms with E-state index in [1.54, 1.807) is 37.6 Å². The molecule has 0 bridgehead atoms. The fraction of sp³-hybridized carbons (Fsp3) is 0.182. The molecule has 0 unspecified atom stereocenters. The van der Waals surface area contributed by atoms with Crippen LogP contribution in [-0.4, -0.2) is 31.8 Å². The van der Waals surface area contributed by atoms with Crippen LogP contribution in [0.4, 0.5) is 5.69 Å². The van der Waals surface area contributed by atoms with Crippen molar-refractivity contribution in [2.45, 2.75) is 6.54 Å². The van der Waals surface area contributed by atoms with Gasteiger partial charge in [-0.05, 0) is 29.8 Å². The number of ether oxygens (including phenoxy) is 3. The molecule has 150 valence electrons. The van der Waals surface area contributed by atoms with Crippen molar-refractivity contribution >= 4 is 11.6 Å². The maximum absolute atomic E-state index is 12.8. The van der Waals surface area contributed by atoms with E-state index in [1.807, 2.05) is 24.3 Å². The normalized spacial score (nSPS) is 10.3. The number of rotatable bonds is 7. The maximum atomic E-state index is 12.8. The van der Waals surface area contributed by atoms with Gasteiger partial charge in [0, 0.05) is 30.1 Å². The van der Waals surface area contributed by atoms with Gasteiger partial charge in [-0.3, -0.25) is 9.59 Å². The summed E-state index contributed by atoms with van der Waals surface area (Å²) >= 11 is 0. The first-order valence-corrected chi connectivity index (χ1v) is 8.91. The molecule has 0 spiro atoms. The van der Waals surface area contributed by atoms with E-state index in [1.165, 1.54) is 24.9 Å². The largest absolute Gasteiger partial charge is 0.497 e. The Morgan fingerprint density at radius 3 is 2.10 bits per heavy atom. The molecule has 3 aromatic rings. The molecule has 7 heteroatoms. The second-order valence-electron chi connectivity index (χ2n) is 6.26. The highest BCUT2D eigenvalue weighted by Gasteiger charge is 2.14. The highest BCUT2D eigenvalue weighted by atomic mass is 16.5. The smallest absolute Gasteiger partial charge is 0.263 e. The molecule has 0 radical (unpaired) electrons. The van der Waals surface area contributed by atoms with E-state index in [0.29, 0.717) is 23.7 Å². The van der Waals surface area contributed by atoms with Crippen LogP contribution in [0, 0.1) is 0 Å². The first-order chi connectivity index (χ1) is 14.0. The molecule has 0 aliphatic heterocycles. The maximum Gasteiger partial charge on any atom is 0.263 e. The summed E-state index contributed by atoms with van der Waals surface area (Å²) in [5, 5.41) is 2.73. The van der Waals surface area contributed by atoms with Crippen LogP contribution < -0.4 is 25.1 Å². The summed E-state index contributed by atoms with van der Waals surface area (Å²) in [6.45, 7) is 0.344. The van der Waals surface area contributed by atoms with Crippen LogP contribution in [0.1, 0.15) is 15.9 Å². The molecular formula is C22H22N2O5. The van der Waals surface area contributed by atoms with Crippen LogP contribution >= 0.6 is 0 Å². The lowest BCUT2D eigenvalue weighted by Crippen LogP contribution is -2.29. The third-order valence-electron chi connectivity index (χ3n) is 4.39. The lowest BCUT2D eigenvalue weighted by atomic mass is 10.2. The van der Waals surface area contributed by atoms with E-state index in [-0.39, 0.29) is 11.1 Å². The minimum absolute atomic E-state index is 0.0443. The van der Waals surface area contributed by atoms with Crippen molar-refractivity contribution in [2.75, 3.05) is 26.6 Å². The fourth-order valence-corrected chi connectivity index (χ4v) is 2.84. The van der Waals surface area contributed by atoms with Gasteiger partial charge in [-0.2, -0.15) is 0 Å². The molecule has 1 heterocycles. The lowest BCUT2D eigenvalue weighted by molar-refractivity contribution is 0.102. The molecule has 2 aromatic carbocycles. The van der Waals surface area contributed by atoms with Gasteiger partial charge in [-0.1, -0.05) is 12.1 Å². The number of hydrogen-bond acceptors (Lipinski definition) is 5.